The third-order valence-corrected chi connectivity index (χ3v) is 8.87. The first-order valence-corrected chi connectivity index (χ1v) is 13.4. The maximum atomic E-state index is 13.5. The highest BCUT2D eigenvalue weighted by atomic mass is 32.2. The molecule has 2 fully saturated rings. The van der Waals surface area contributed by atoms with Crippen LogP contribution in [-0.2, 0) is 14.8 Å². The molecule has 2 aromatic carbocycles. The molecule has 3 heterocycles. The Morgan fingerprint density at radius 1 is 0.971 bits per heavy atom. The zero-order valence-electron chi connectivity index (χ0n) is 19.8. The van der Waals surface area contributed by atoms with Gasteiger partial charge in [-0.25, -0.2) is 8.42 Å². The molecular formula is C26H30N4O4S. The van der Waals surface area contributed by atoms with Gasteiger partial charge in [0.1, 0.15) is 10.6 Å². The summed E-state index contributed by atoms with van der Waals surface area (Å²) in [5.41, 5.74) is 1.58. The highest BCUT2D eigenvalue weighted by molar-refractivity contribution is 7.89. The summed E-state index contributed by atoms with van der Waals surface area (Å²) in [6.45, 7) is 3.37. The second kappa shape index (κ2) is 9.83. The summed E-state index contributed by atoms with van der Waals surface area (Å²) < 4.78 is 33.8. The van der Waals surface area contributed by atoms with Crippen LogP contribution in [0.1, 0.15) is 12.8 Å². The molecular weight excluding hydrogens is 464 g/mol. The van der Waals surface area contributed by atoms with Gasteiger partial charge in [0.25, 0.3) is 0 Å². The summed E-state index contributed by atoms with van der Waals surface area (Å²) >= 11 is 0. The zero-order valence-corrected chi connectivity index (χ0v) is 20.7. The first-order chi connectivity index (χ1) is 17.0. The fraction of sp³-hybridized carbons (Fsp3) is 0.385. The average Bonchev–Trinajstić information content (AvgIpc) is 2.92. The van der Waals surface area contributed by atoms with Crippen LogP contribution in [-0.4, -0.2) is 74.9 Å². The number of methoxy groups -OCH3 is 1. The van der Waals surface area contributed by atoms with Gasteiger partial charge in [0, 0.05) is 56.5 Å². The van der Waals surface area contributed by atoms with E-state index in [2.05, 4.69) is 9.88 Å². The number of benzene rings is 2. The van der Waals surface area contributed by atoms with Crippen molar-refractivity contribution in [1.82, 2.24) is 14.2 Å². The monoisotopic (exact) mass is 494 g/mol. The summed E-state index contributed by atoms with van der Waals surface area (Å²) in [5.74, 6) is 0.544. The molecule has 1 atom stereocenters. The van der Waals surface area contributed by atoms with Gasteiger partial charge >= 0.3 is 0 Å². The average molecular weight is 495 g/mol. The summed E-state index contributed by atoms with van der Waals surface area (Å²) in [5, 5.41) is 0.785. The van der Waals surface area contributed by atoms with E-state index in [0.717, 1.165) is 29.9 Å². The van der Waals surface area contributed by atoms with E-state index in [4.69, 9.17) is 4.74 Å². The first-order valence-electron chi connectivity index (χ1n) is 12.0. The summed E-state index contributed by atoms with van der Waals surface area (Å²) in [7, 11) is -2.11. The van der Waals surface area contributed by atoms with E-state index in [0.29, 0.717) is 38.0 Å². The zero-order chi connectivity index (χ0) is 24.4. The van der Waals surface area contributed by atoms with Crippen LogP contribution in [0.5, 0.6) is 5.75 Å². The third-order valence-electron chi connectivity index (χ3n) is 6.98. The smallest absolute Gasteiger partial charge is 0.245 e. The minimum atomic E-state index is -3.75. The van der Waals surface area contributed by atoms with Gasteiger partial charge in [-0.3, -0.25) is 9.78 Å². The van der Waals surface area contributed by atoms with Crippen LogP contribution in [0.4, 0.5) is 5.69 Å². The van der Waals surface area contributed by atoms with E-state index in [1.165, 1.54) is 4.31 Å². The molecule has 0 aliphatic carbocycles. The van der Waals surface area contributed by atoms with Crippen LogP contribution in [0.15, 0.2) is 65.7 Å². The van der Waals surface area contributed by atoms with Gasteiger partial charge in [-0.05, 0) is 49.2 Å². The number of amides is 1. The SMILES string of the molecule is COc1ccc(N2CCN(C(=O)[C@H]3CCCN(S(=O)(=O)c4cccc5cccnc45)C3)CC2)cc1. The minimum absolute atomic E-state index is 0.0512. The fourth-order valence-electron chi connectivity index (χ4n) is 5.02. The highest BCUT2D eigenvalue weighted by Gasteiger charge is 2.36. The van der Waals surface area contributed by atoms with Gasteiger partial charge in [-0.15, -0.1) is 0 Å². The Hall–Kier alpha value is -3.17. The number of carbonyl (C=O) groups is 1. The topological polar surface area (TPSA) is 83.0 Å². The Labute approximate surface area is 206 Å². The number of hydrogen-bond donors (Lipinski definition) is 0. The van der Waals surface area contributed by atoms with Gasteiger partial charge in [-0.1, -0.05) is 18.2 Å². The molecule has 1 aromatic heterocycles. The lowest BCUT2D eigenvalue weighted by molar-refractivity contribution is -0.137. The molecule has 0 N–H and O–H groups in total. The number of aromatic nitrogens is 1. The van der Waals surface area contributed by atoms with E-state index in [1.54, 1.807) is 31.5 Å². The molecule has 2 aliphatic rings. The molecule has 35 heavy (non-hydrogen) atoms. The fourth-order valence-corrected chi connectivity index (χ4v) is 6.71. The quantitative estimate of drug-likeness (QED) is 0.542. The van der Waals surface area contributed by atoms with Crippen molar-refractivity contribution in [2.45, 2.75) is 17.7 Å². The van der Waals surface area contributed by atoms with Crippen molar-refractivity contribution in [3.05, 3.63) is 60.8 Å². The highest BCUT2D eigenvalue weighted by Crippen LogP contribution is 2.29. The van der Waals surface area contributed by atoms with Gasteiger partial charge in [0.05, 0.1) is 18.5 Å². The van der Waals surface area contributed by atoms with Crippen LogP contribution in [0.2, 0.25) is 0 Å². The minimum Gasteiger partial charge on any atom is -0.497 e. The Morgan fingerprint density at radius 2 is 1.71 bits per heavy atom. The molecule has 2 aliphatic heterocycles. The number of hydrogen-bond acceptors (Lipinski definition) is 6. The number of pyridine rings is 1. The van der Waals surface area contributed by atoms with E-state index in [-0.39, 0.29) is 23.3 Å². The van der Waals surface area contributed by atoms with Crippen molar-refractivity contribution in [3.8, 4) is 5.75 Å². The maximum absolute atomic E-state index is 13.5. The van der Waals surface area contributed by atoms with Gasteiger partial charge in [0.2, 0.25) is 15.9 Å². The number of ether oxygens (including phenoxy) is 1. The lowest BCUT2D eigenvalue weighted by Crippen LogP contribution is -2.53. The van der Waals surface area contributed by atoms with Gasteiger partial charge in [0.15, 0.2) is 0 Å². The maximum Gasteiger partial charge on any atom is 0.245 e. The second-order valence-corrected chi connectivity index (χ2v) is 11.0. The van der Waals surface area contributed by atoms with E-state index in [1.807, 2.05) is 41.3 Å². The predicted molar refractivity (Wildman–Crippen MR) is 135 cm³/mol. The molecule has 0 spiro atoms. The predicted octanol–water partition coefficient (Wildman–Crippen LogP) is 2.99. The lowest BCUT2D eigenvalue weighted by Gasteiger charge is -2.39. The van der Waals surface area contributed by atoms with E-state index in [9.17, 15) is 13.2 Å². The molecule has 8 nitrogen and oxygen atoms in total. The number of rotatable bonds is 5. The summed E-state index contributed by atoms with van der Waals surface area (Å²) in [4.78, 5) is 22.0. The van der Waals surface area contributed by atoms with Crippen LogP contribution < -0.4 is 9.64 Å². The van der Waals surface area contributed by atoms with Crippen LogP contribution >= 0.6 is 0 Å². The third kappa shape index (κ3) is 4.70. The number of carbonyl (C=O) groups excluding carboxylic acids is 1. The molecule has 0 saturated carbocycles. The normalized spacial score (nSPS) is 19.6. The molecule has 0 unspecified atom stereocenters. The van der Waals surface area contributed by atoms with E-state index < -0.39 is 10.0 Å². The number of nitrogens with zero attached hydrogens (tertiary/aromatic N) is 4. The van der Waals surface area contributed by atoms with Crippen LogP contribution in [0, 0.1) is 5.92 Å². The summed E-state index contributed by atoms with van der Waals surface area (Å²) in [6.07, 6.45) is 2.98. The van der Waals surface area contributed by atoms with Crippen molar-refractivity contribution in [1.29, 1.82) is 0 Å². The molecule has 5 rings (SSSR count). The largest absolute Gasteiger partial charge is 0.497 e. The molecule has 9 heteroatoms. The molecule has 2 saturated heterocycles. The summed E-state index contributed by atoms with van der Waals surface area (Å²) in [6, 6.07) is 16.8. The first kappa shape index (κ1) is 23.6. The molecule has 3 aromatic rings. The van der Waals surface area contributed by atoms with E-state index >= 15 is 0 Å². The number of anilines is 1. The number of piperidine rings is 1. The Morgan fingerprint density at radius 3 is 2.46 bits per heavy atom. The van der Waals surface area contributed by atoms with Crippen molar-refractivity contribution in [3.63, 3.8) is 0 Å². The number of sulfonamides is 1. The standard InChI is InChI=1S/C26H30N4O4S/c1-34-23-11-9-22(10-12-23)28-15-17-29(18-16-28)26(31)21-7-4-14-30(19-21)35(32,33)24-8-2-5-20-6-3-13-27-25(20)24/h2-3,5-6,8-13,21H,4,7,14-19H2,1H3/t21-/m0/s1. The van der Waals surface area contributed by atoms with Gasteiger partial charge in [-0.2, -0.15) is 4.31 Å². The number of para-hydroxylation sites is 1. The van der Waals surface area contributed by atoms with Crippen LogP contribution in [0.3, 0.4) is 0 Å². The second-order valence-electron chi connectivity index (χ2n) is 9.04. The van der Waals surface area contributed by atoms with Crippen LogP contribution in [0.25, 0.3) is 10.9 Å². The number of piperazine rings is 1. The Balaban J connectivity index is 1.25. The van der Waals surface area contributed by atoms with Gasteiger partial charge < -0.3 is 14.5 Å². The number of fused-ring (bicyclic) bond motifs is 1. The Kier molecular flexibility index (Phi) is 6.62. The molecule has 184 valence electrons. The molecule has 0 bridgehead atoms. The molecule has 1 amide bonds. The Bertz CT molecular complexity index is 1300. The molecule has 0 radical (unpaired) electrons. The van der Waals surface area contributed by atoms with Crippen molar-refractivity contribution in [2.75, 3.05) is 51.3 Å². The van der Waals surface area contributed by atoms with Crippen molar-refractivity contribution < 1.29 is 17.9 Å². The van der Waals surface area contributed by atoms with Crippen molar-refractivity contribution >= 4 is 32.5 Å². The lowest BCUT2D eigenvalue weighted by atomic mass is 9.97. The van der Waals surface area contributed by atoms with Crippen molar-refractivity contribution in [2.24, 2.45) is 5.92 Å².